The Kier molecular flexibility index (Phi) is 6.09. The minimum atomic E-state index is -2.12. The van der Waals surface area contributed by atoms with Gasteiger partial charge in [0.15, 0.2) is 6.29 Å². The SMILES string of the molecule is COC(OC)C1(C)C2CC3(O)C4(O)CCC(C)C4(C(=O)OC4OC(CO)C(O)C(O)C4O)CC13C(=O)O2. The molecule has 3 aliphatic carbocycles. The third kappa shape index (κ3) is 2.75. The molecular formula is C24H36O13. The van der Waals surface area contributed by atoms with Gasteiger partial charge in [-0.25, -0.2) is 0 Å². The smallest absolute Gasteiger partial charge is 0.317 e. The van der Waals surface area contributed by atoms with Gasteiger partial charge in [0.2, 0.25) is 6.29 Å². The molecule has 0 amide bonds. The van der Waals surface area contributed by atoms with Crippen LogP contribution in [0.4, 0.5) is 0 Å². The molecule has 5 fully saturated rings. The Morgan fingerprint density at radius 3 is 2.35 bits per heavy atom. The topological polar surface area (TPSA) is 202 Å². The standard InChI is InChI=1S/C24H36O13/c1-10-5-6-23(31)21(10,17(29)37-16-15(28)14(27)13(26)11(8-25)35-16)9-22-18(30)36-12(7-24(22,23)32)20(22,2)19(33-3)34-4/h10-16,19,25-28,31-32H,5-9H2,1-4H3. The molecule has 1 spiro atoms. The molecule has 12 atom stereocenters. The maximum absolute atomic E-state index is 14.0. The molecule has 5 aliphatic rings. The lowest BCUT2D eigenvalue weighted by molar-refractivity contribution is -0.299. The highest BCUT2D eigenvalue weighted by molar-refractivity contribution is 5.91. The van der Waals surface area contributed by atoms with E-state index in [0.29, 0.717) is 6.42 Å². The number of fused-ring (bicyclic) bond motifs is 3. The summed E-state index contributed by atoms with van der Waals surface area (Å²) in [6.45, 7) is 2.64. The number of methoxy groups -OCH3 is 2. The Hall–Kier alpha value is -1.42. The number of carbonyl (C=O) groups excluding carboxylic acids is 2. The van der Waals surface area contributed by atoms with Crippen LogP contribution in [0.1, 0.15) is 39.5 Å². The Morgan fingerprint density at radius 1 is 1.11 bits per heavy atom. The number of hydrogen-bond acceptors (Lipinski definition) is 13. The number of rotatable bonds is 6. The van der Waals surface area contributed by atoms with Crippen LogP contribution in [-0.4, -0.2) is 118 Å². The number of aliphatic hydroxyl groups excluding tert-OH is 4. The average molecular weight is 533 g/mol. The zero-order chi connectivity index (χ0) is 27.3. The molecule has 6 N–H and O–H groups in total. The molecule has 0 aromatic carbocycles. The summed E-state index contributed by atoms with van der Waals surface area (Å²) in [5.41, 5.74) is -9.12. The van der Waals surface area contributed by atoms with Crippen molar-refractivity contribution in [3.05, 3.63) is 0 Å². The van der Waals surface area contributed by atoms with Gasteiger partial charge in [-0.1, -0.05) is 6.92 Å². The predicted molar refractivity (Wildman–Crippen MR) is 118 cm³/mol. The average Bonchev–Trinajstić information content (AvgIpc) is 3.39. The van der Waals surface area contributed by atoms with Crippen molar-refractivity contribution in [2.45, 2.75) is 93.8 Å². The quantitative estimate of drug-likeness (QED) is 0.156. The Labute approximate surface area is 213 Å². The summed E-state index contributed by atoms with van der Waals surface area (Å²) >= 11 is 0. The second kappa shape index (κ2) is 8.29. The van der Waals surface area contributed by atoms with Gasteiger partial charge in [-0.3, -0.25) is 9.59 Å². The molecule has 12 unspecified atom stereocenters. The maximum Gasteiger partial charge on any atom is 0.317 e. The summed E-state index contributed by atoms with van der Waals surface area (Å²) < 4.78 is 27.6. The van der Waals surface area contributed by atoms with Crippen molar-refractivity contribution >= 4 is 11.9 Å². The van der Waals surface area contributed by atoms with Crippen LogP contribution < -0.4 is 0 Å². The number of aliphatic hydroxyl groups is 6. The summed E-state index contributed by atoms with van der Waals surface area (Å²) in [6, 6.07) is 0. The van der Waals surface area contributed by atoms with Crippen LogP contribution in [0.3, 0.4) is 0 Å². The van der Waals surface area contributed by atoms with Crippen LogP contribution >= 0.6 is 0 Å². The van der Waals surface area contributed by atoms with Gasteiger partial charge >= 0.3 is 11.9 Å². The maximum atomic E-state index is 14.0. The fourth-order valence-electron chi connectivity index (χ4n) is 8.46. The first-order chi connectivity index (χ1) is 17.3. The minimum Gasteiger partial charge on any atom is -0.461 e. The van der Waals surface area contributed by atoms with E-state index in [0.717, 1.165) is 0 Å². The van der Waals surface area contributed by atoms with E-state index in [4.69, 9.17) is 23.7 Å². The van der Waals surface area contributed by atoms with Crippen LogP contribution in [0, 0.1) is 22.2 Å². The van der Waals surface area contributed by atoms with E-state index in [2.05, 4.69) is 0 Å². The van der Waals surface area contributed by atoms with Gasteiger partial charge in [-0.2, -0.15) is 0 Å². The lowest BCUT2D eigenvalue weighted by Crippen LogP contribution is -2.65. The fraction of sp³-hybridized carbons (Fsp3) is 0.917. The minimum absolute atomic E-state index is 0.0170. The molecule has 13 nitrogen and oxygen atoms in total. The monoisotopic (exact) mass is 532 g/mol. The third-order valence-corrected chi connectivity index (χ3v) is 10.5. The second-order valence-electron chi connectivity index (χ2n) is 11.5. The summed E-state index contributed by atoms with van der Waals surface area (Å²) in [7, 11) is 2.77. The van der Waals surface area contributed by atoms with E-state index in [9.17, 15) is 40.2 Å². The van der Waals surface area contributed by atoms with Crippen molar-refractivity contribution in [1.82, 2.24) is 0 Å². The van der Waals surface area contributed by atoms with Gasteiger partial charge in [-0.15, -0.1) is 0 Å². The molecule has 0 aromatic rings. The highest BCUT2D eigenvalue weighted by Gasteiger charge is 2.95. The molecule has 5 rings (SSSR count). The lowest BCUT2D eigenvalue weighted by Gasteiger charge is -2.47. The normalized spacial score (nSPS) is 54.4. The molecule has 2 saturated heterocycles. The summed E-state index contributed by atoms with van der Waals surface area (Å²) in [5.74, 6) is -2.41. The van der Waals surface area contributed by atoms with Crippen molar-refractivity contribution in [1.29, 1.82) is 0 Å². The zero-order valence-electron chi connectivity index (χ0n) is 21.2. The van der Waals surface area contributed by atoms with Gasteiger partial charge in [0.1, 0.15) is 52.6 Å². The molecule has 2 aliphatic heterocycles. The number of ether oxygens (including phenoxy) is 5. The Morgan fingerprint density at radius 2 is 1.76 bits per heavy atom. The van der Waals surface area contributed by atoms with E-state index >= 15 is 0 Å². The van der Waals surface area contributed by atoms with Gasteiger partial charge in [-0.05, 0) is 32.1 Å². The van der Waals surface area contributed by atoms with Crippen LogP contribution in [-0.2, 0) is 33.3 Å². The van der Waals surface area contributed by atoms with Crippen LogP contribution in [0.5, 0.6) is 0 Å². The number of carbonyl (C=O) groups is 2. The van der Waals surface area contributed by atoms with Crippen molar-refractivity contribution in [2.24, 2.45) is 22.2 Å². The first kappa shape index (κ1) is 27.2. The van der Waals surface area contributed by atoms with Crippen molar-refractivity contribution in [2.75, 3.05) is 20.8 Å². The lowest BCUT2D eigenvalue weighted by atomic mass is 9.60. The molecule has 0 aromatic heterocycles. The van der Waals surface area contributed by atoms with E-state index in [-0.39, 0.29) is 19.3 Å². The zero-order valence-corrected chi connectivity index (χ0v) is 21.2. The Balaban J connectivity index is 1.59. The molecule has 13 heteroatoms. The summed E-state index contributed by atoms with van der Waals surface area (Å²) in [5, 5.41) is 64.7. The molecule has 0 radical (unpaired) electrons. The molecule has 2 bridgehead atoms. The largest absolute Gasteiger partial charge is 0.461 e. The molecular weight excluding hydrogens is 496 g/mol. The first-order valence-electron chi connectivity index (χ1n) is 12.5. The molecule has 37 heavy (non-hydrogen) atoms. The van der Waals surface area contributed by atoms with Gasteiger partial charge < -0.3 is 54.3 Å². The first-order valence-corrected chi connectivity index (χ1v) is 12.5. The van der Waals surface area contributed by atoms with E-state index in [1.807, 2.05) is 0 Å². The summed E-state index contributed by atoms with van der Waals surface area (Å²) in [6.07, 6.45) is -10.5. The highest BCUT2D eigenvalue weighted by Crippen LogP contribution is 2.81. The molecule has 210 valence electrons. The van der Waals surface area contributed by atoms with Gasteiger partial charge in [0, 0.05) is 20.6 Å². The van der Waals surface area contributed by atoms with E-state index in [1.54, 1.807) is 13.8 Å². The van der Waals surface area contributed by atoms with E-state index in [1.165, 1.54) is 14.2 Å². The third-order valence-electron chi connectivity index (χ3n) is 10.5. The predicted octanol–water partition coefficient (Wildman–Crippen LogP) is -2.45. The number of hydrogen-bond donors (Lipinski definition) is 6. The van der Waals surface area contributed by atoms with Crippen molar-refractivity contribution in [3.63, 3.8) is 0 Å². The van der Waals surface area contributed by atoms with E-state index < -0.39 is 95.0 Å². The molecule has 2 heterocycles. The van der Waals surface area contributed by atoms with Crippen LogP contribution in [0.2, 0.25) is 0 Å². The highest BCUT2D eigenvalue weighted by atomic mass is 16.7. The Bertz CT molecular complexity index is 970. The van der Waals surface area contributed by atoms with Gasteiger partial charge in [0.05, 0.1) is 12.0 Å². The number of esters is 2. The second-order valence-corrected chi connectivity index (χ2v) is 11.5. The van der Waals surface area contributed by atoms with Crippen LogP contribution in [0.25, 0.3) is 0 Å². The summed E-state index contributed by atoms with van der Waals surface area (Å²) in [4.78, 5) is 27.6. The van der Waals surface area contributed by atoms with Crippen molar-refractivity contribution < 1.29 is 63.9 Å². The van der Waals surface area contributed by atoms with Crippen molar-refractivity contribution in [3.8, 4) is 0 Å². The fourth-order valence-corrected chi connectivity index (χ4v) is 8.46. The van der Waals surface area contributed by atoms with Gasteiger partial charge in [0.25, 0.3) is 0 Å². The molecule has 3 saturated carbocycles. The van der Waals surface area contributed by atoms with Crippen LogP contribution in [0.15, 0.2) is 0 Å².